The number of fused-ring (bicyclic) bond motifs is 3. The number of hydrogen-bond acceptors (Lipinski definition) is 12. The Morgan fingerprint density at radius 1 is 0.863 bits per heavy atom. The molecule has 15 nitrogen and oxygen atoms in total. The van der Waals surface area contributed by atoms with Crippen LogP contribution >= 0.6 is 11.3 Å². The molecule has 2 atom stereocenters. The lowest BCUT2D eigenvalue weighted by Crippen LogP contribution is -2.47. The first kappa shape index (κ1) is 48.1. The summed E-state index contributed by atoms with van der Waals surface area (Å²) < 4.78 is 9.57. The van der Waals surface area contributed by atoms with Crippen LogP contribution in [0.25, 0.3) is 32.2 Å². The number of ether oxygens (including phenoxy) is 1. The van der Waals surface area contributed by atoms with Gasteiger partial charge in [-0.05, 0) is 141 Å². The molecule has 3 fully saturated rings. The molecule has 4 aliphatic rings. The Morgan fingerprint density at radius 3 is 2.47 bits per heavy atom. The minimum Gasteiger partial charge on any atom is -0.490 e. The molecule has 4 aromatic carbocycles. The fraction of sp³-hybridized carbons (Fsp3) is 0.386. The summed E-state index contributed by atoms with van der Waals surface area (Å²) in [7, 11) is 1.92. The van der Waals surface area contributed by atoms with Gasteiger partial charge in [-0.1, -0.05) is 54.7 Å². The molecule has 3 amide bonds. The lowest BCUT2D eigenvalue weighted by atomic mass is 9.82. The zero-order valence-corrected chi connectivity index (χ0v) is 42.4. The Balaban J connectivity index is 0.672. The molecule has 73 heavy (non-hydrogen) atoms. The van der Waals surface area contributed by atoms with Crippen molar-refractivity contribution < 1.29 is 29.0 Å². The number of carboxylic acid groups (broad SMARTS) is 1. The third kappa shape index (κ3) is 10.0. The number of nitrogens with zero attached hydrogens (tertiary/aromatic N) is 7. The van der Waals surface area contributed by atoms with Crippen LogP contribution in [0.2, 0.25) is 0 Å². The highest BCUT2D eigenvalue weighted by Crippen LogP contribution is 2.38. The summed E-state index contributed by atoms with van der Waals surface area (Å²) in [5.74, 6) is 0.339. The number of aromatic carboxylic acids is 1. The average Bonchev–Trinajstić information content (AvgIpc) is 3.96. The average molecular weight is 1000 g/mol. The van der Waals surface area contributed by atoms with Crippen LogP contribution < -0.4 is 25.2 Å². The van der Waals surface area contributed by atoms with Gasteiger partial charge in [-0.3, -0.25) is 34.6 Å². The van der Waals surface area contributed by atoms with Crippen molar-refractivity contribution in [1.29, 1.82) is 0 Å². The number of aromatic nitrogens is 4. The standard InChI is InChI=1S/C57H61N9O6S/c1-34(32-64-26-28-65(29-27-64)38-16-19-43-47(31-38)63(3)62-52(43)44-21-23-51(67)60-55(44)69)30-36-14-17-39(18-15-36)72-48-12-7-9-40(35(48)2)41-20-22-50(59-53(41)56(70)71)66-25-24-37-8-6-10-42(45(37)33-66)54(68)61-57-58-46-11-4-5-13-49(46)73-57/h4-13,16,19-20,22,31,34,36,39,44H,14-15,17-18,21,23-30,32-33H2,1-3H3,(H,70,71)(H,58,61,68)(H,60,67,69)/t34-,36-,39-,44?/m1/s1. The van der Waals surface area contributed by atoms with Gasteiger partial charge in [0, 0.05) is 81.5 Å². The summed E-state index contributed by atoms with van der Waals surface area (Å²) in [6, 6.07) is 29.6. The first-order valence-corrected chi connectivity index (χ1v) is 26.5. The first-order valence-electron chi connectivity index (χ1n) is 25.7. The number of thiazole rings is 1. The number of amides is 3. The molecular weight excluding hydrogens is 939 g/mol. The number of aryl methyl sites for hydroxylation is 1. The Morgan fingerprint density at radius 2 is 1.67 bits per heavy atom. The highest BCUT2D eigenvalue weighted by Gasteiger charge is 2.33. The molecule has 6 heterocycles. The highest BCUT2D eigenvalue weighted by atomic mass is 32.1. The molecular formula is C57H61N9O6S. The van der Waals surface area contributed by atoms with Gasteiger partial charge in [0.05, 0.1) is 33.4 Å². The van der Waals surface area contributed by atoms with E-state index in [4.69, 9.17) is 14.8 Å². The number of piperazine rings is 1. The first-order chi connectivity index (χ1) is 35.4. The predicted molar refractivity (Wildman–Crippen MR) is 285 cm³/mol. The number of para-hydroxylation sites is 1. The van der Waals surface area contributed by atoms with Gasteiger partial charge in [0.25, 0.3) is 5.91 Å². The molecule has 3 aromatic heterocycles. The number of carboxylic acids is 1. The molecule has 11 rings (SSSR count). The molecule has 2 saturated heterocycles. The smallest absolute Gasteiger partial charge is 0.355 e. The number of benzene rings is 4. The fourth-order valence-corrected chi connectivity index (χ4v) is 12.6. The number of carbonyl (C=O) groups is 4. The zero-order chi connectivity index (χ0) is 50.3. The van der Waals surface area contributed by atoms with E-state index in [2.05, 4.69) is 50.5 Å². The quantitative estimate of drug-likeness (QED) is 0.0936. The number of imide groups is 1. The summed E-state index contributed by atoms with van der Waals surface area (Å²) in [6.45, 7) is 10.4. The molecule has 7 aromatic rings. The second-order valence-electron chi connectivity index (χ2n) is 20.5. The molecule has 1 aliphatic carbocycles. The number of carbonyl (C=O) groups excluding carboxylic acids is 3. The van der Waals surface area contributed by atoms with E-state index in [9.17, 15) is 24.3 Å². The van der Waals surface area contributed by atoms with Crippen molar-refractivity contribution in [1.82, 2.24) is 30.0 Å². The van der Waals surface area contributed by atoms with Gasteiger partial charge in [-0.25, -0.2) is 14.8 Å². The number of piperidine rings is 1. The second-order valence-corrected chi connectivity index (χ2v) is 21.5. The van der Waals surface area contributed by atoms with E-state index < -0.39 is 11.9 Å². The van der Waals surface area contributed by atoms with Crippen molar-refractivity contribution in [2.75, 3.05) is 54.4 Å². The fourth-order valence-electron chi connectivity index (χ4n) is 11.7. The minimum absolute atomic E-state index is 0.0204. The number of anilines is 3. The topological polar surface area (TPSA) is 175 Å². The number of hydrogen-bond donors (Lipinski definition) is 3. The SMILES string of the molecule is Cc1c(O[C@H]2CC[C@H](C[C@@H](C)CN3CCN(c4ccc5c(C6CCC(=O)NC6=O)nn(C)c5c4)CC3)CC2)cccc1-c1ccc(N2CCc3cccc(C(=O)Nc4nc5ccccc5s4)c3C2)nc1C(=O)O. The van der Waals surface area contributed by atoms with Gasteiger partial charge in [0.2, 0.25) is 11.8 Å². The van der Waals surface area contributed by atoms with Crippen molar-refractivity contribution in [3.05, 3.63) is 125 Å². The van der Waals surface area contributed by atoms with E-state index in [0.29, 0.717) is 66.3 Å². The third-order valence-electron chi connectivity index (χ3n) is 15.6. The van der Waals surface area contributed by atoms with Crippen molar-refractivity contribution >= 4 is 72.8 Å². The van der Waals surface area contributed by atoms with Gasteiger partial charge in [0.15, 0.2) is 10.8 Å². The summed E-state index contributed by atoms with van der Waals surface area (Å²) in [4.78, 5) is 67.4. The molecule has 1 unspecified atom stereocenters. The molecule has 16 heteroatoms. The van der Waals surface area contributed by atoms with Gasteiger partial charge in [0.1, 0.15) is 11.6 Å². The number of rotatable bonds is 13. The predicted octanol–water partition coefficient (Wildman–Crippen LogP) is 9.37. The largest absolute Gasteiger partial charge is 0.490 e. The maximum absolute atomic E-state index is 13.7. The second kappa shape index (κ2) is 20.4. The van der Waals surface area contributed by atoms with Crippen LogP contribution in [0.5, 0.6) is 5.75 Å². The van der Waals surface area contributed by atoms with Crippen molar-refractivity contribution in [2.45, 2.75) is 83.8 Å². The normalized spacial score (nSPS) is 20.0. The molecule has 0 radical (unpaired) electrons. The van der Waals surface area contributed by atoms with Gasteiger partial charge in [-0.15, -0.1) is 0 Å². The Labute approximate surface area is 428 Å². The monoisotopic (exact) mass is 999 g/mol. The summed E-state index contributed by atoms with van der Waals surface area (Å²) in [5, 5.41) is 22.3. The third-order valence-corrected chi connectivity index (χ3v) is 16.5. The Kier molecular flexibility index (Phi) is 13.4. The van der Waals surface area contributed by atoms with E-state index in [1.165, 1.54) is 17.8 Å². The molecule has 0 bridgehead atoms. The lowest BCUT2D eigenvalue weighted by molar-refractivity contribution is -0.134. The zero-order valence-electron chi connectivity index (χ0n) is 41.6. The van der Waals surface area contributed by atoms with Gasteiger partial charge < -0.3 is 19.6 Å². The molecule has 1 saturated carbocycles. The molecule has 3 aliphatic heterocycles. The van der Waals surface area contributed by atoms with E-state index >= 15 is 0 Å². The van der Waals surface area contributed by atoms with Gasteiger partial charge in [-0.2, -0.15) is 5.10 Å². The van der Waals surface area contributed by atoms with Crippen LogP contribution in [0.1, 0.15) is 101 Å². The maximum Gasteiger partial charge on any atom is 0.355 e. The van der Waals surface area contributed by atoms with Crippen molar-refractivity contribution in [2.24, 2.45) is 18.9 Å². The van der Waals surface area contributed by atoms with Crippen molar-refractivity contribution in [3.63, 3.8) is 0 Å². The van der Waals surface area contributed by atoms with E-state index in [0.717, 1.165) is 119 Å². The van der Waals surface area contributed by atoms with Crippen LogP contribution in [0.4, 0.5) is 16.6 Å². The summed E-state index contributed by atoms with van der Waals surface area (Å²) in [5.41, 5.74) is 8.49. The minimum atomic E-state index is -1.10. The van der Waals surface area contributed by atoms with Crippen molar-refractivity contribution in [3.8, 4) is 16.9 Å². The molecule has 0 spiro atoms. The van der Waals surface area contributed by atoms with Crippen LogP contribution in [0.3, 0.4) is 0 Å². The van der Waals surface area contributed by atoms with E-state index in [1.54, 1.807) is 0 Å². The van der Waals surface area contributed by atoms with E-state index in [-0.39, 0.29) is 29.5 Å². The summed E-state index contributed by atoms with van der Waals surface area (Å²) >= 11 is 1.44. The highest BCUT2D eigenvalue weighted by molar-refractivity contribution is 7.22. The number of nitrogens with one attached hydrogen (secondary N) is 2. The lowest BCUT2D eigenvalue weighted by Gasteiger charge is -2.38. The van der Waals surface area contributed by atoms with E-state index in [1.807, 2.05) is 96.3 Å². The Bertz CT molecular complexity index is 3230. The summed E-state index contributed by atoms with van der Waals surface area (Å²) in [6.07, 6.45) is 7.00. The van der Waals surface area contributed by atoms with Crippen LogP contribution in [-0.2, 0) is 29.6 Å². The van der Waals surface area contributed by atoms with Crippen LogP contribution in [0, 0.1) is 18.8 Å². The Hall–Kier alpha value is -7.17. The molecule has 376 valence electrons. The maximum atomic E-state index is 13.7. The van der Waals surface area contributed by atoms with Gasteiger partial charge >= 0.3 is 5.97 Å². The number of pyridine rings is 1. The van der Waals surface area contributed by atoms with Crippen LogP contribution in [0.15, 0.2) is 91.0 Å². The van der Waals surface area contributed by atoms with Crippen LogP contribution in [-0.4, -0.2) is 98.8 Å². The molecule has 3 N–H and O–H groups in total.